The topological polar surface area (TPSA) is 99.5 Å². The van der Waals surface area contributed by atoms with Gasteiger partial charge < -0.3 is 9.80 Å². The average molecular weight is 542 g/mol. The van der Waals surface area contributed by atoms with Crippen molar-refractivity contribution in [3.05, 3.63) is 46.7 Å². The number of alkyl halides is 2. The molecule has 11 heteroatoms. The van der Waals surface area contributed by atoms with Crippen molar-refractivity contribution < 1.29 is 18.4 Å². The molecule has 1 N–H and O–H groups in total. The van der Waals surface area contributed by atoms with Gasteiger partial charge in [-0.15, -0.1) is 0 Å². The molecule has 3 aromatic rings. The number of amides is 2. The summed E-state index contributed by atoms with van der Waals surface area (Å²) in [5.74, 6) is -3.04. The van der Waals surface area contributed by atoms with E-state index in [-0.39, 0.29) is 41.7 Å². The molecule has 0 aromatic carbocycles. The Bertz CT molecular complexity index is 1410. The van der Waals surface area contributed by atoms with Crippen molar-refractivity contribution in [1.29, 1.82) is 0 Å². The number of carbonyl (C=O) groups excluding carboxylic acids is 2. The Kier molecular flexibility index (Phi) is 6.54. The van der Waals surface area contributed by atoms with Crippen LogP contribution in [0.15, 0.2) is 18.3 Å². The lowest BCUT2D eigenvalue weighted by Gasteiger charge is -2.46. The van der Waals surface area contributed by atoms with Crippen LogP contribution in [-0.4, -0.2) is 77.5 Å². The van der Waals surface area contributed by atoms with E-state index in [9.17, 15) is 18.4 Å². The van der Waals surface area contributed by atoms with Crippen LogP contribution in [0.1, 0.15) is 104 Å². The lowest BCUT2D eigenvalue weighted by molar-refractivity contribution is -0.0385. The van der Waals surface area contributed by atoms with Crippen molar-refractivity contribution in [3.63, 3.8) is 0 Å². The number of aryl methyl sites for hydroxylation is 1. The molecule has 2 fully saturated rings. The zero-order valence-electron chi connectivity index (χ0n) is 23.5. The molecule has 0 unspecified atom stereocenters. The Labute approximate surface area is 227 Å². The first-order valence-electron chi connectivity index (χ1n) is 13.6. The van der Waals surface area contributed by atoms with Crippen LogP contribution < -0.4 is 0 Å². The second-order valence-corrected chi connectivity index (χ2v) is 12.7. The Balaban J connectivity index is 1.41. The molecule has 1 aliphatic heterocycles. The summed E-state index contributed by atoms with van der Waals surface area (Å²) >= 11 is 0. The number of hydrogen-bond donors (Lipinski definition) is 1. The van der Waals surface area contributed by atoms with E-state index in [1.807, 2.05) is 26.8 Å². The van der Waals surface area contributed by atoms with Gasteiger partial charge in [0.2, 0.25) is 5.92 Å². The van der Waals surface area contributed by atoms with Gasteiger partial charge in [0.1, 0.15) is 11.4 Å². The molecule has 5 rings (SSSR count). The number of aromatic amines is 1. The number of nitrogens with one attached hydrogen (secondary N) is 1. The number of halogens is 2. The van der Waals surface area contributed by atoms with Gasteiger partial charge in [0, 0.05) is 44.0 Å². The molecule has 1 saturated heterocycles. The van der Waals surface area contributed by atoms with Crippen molar-refractivity contribution in [1.82, 2.24) is 34.6 Å². The van der Waals surface area contributed by atoms with Crippen molar-refractivity contribution in [2.24, 2.45) is 0 Å². The lowest BCUT2D eigenvalue weighted by Crippen LogP contribution is -2.62. The normalized spacial score (nSPS) is 20.0. The van der Waals surface area contributed by atoms with E-state index < -0.39 is 11.5 Å². The van der Waals surface area contributed by atoms with Crippen LogP contribution in [0, 0.1) is 6.92 Å². The van der Waals surface area contributed by atoms with E-state index in [1.165, 1.54) is 0 Å². The van der Waals surface area contributed by atoms with E-state index in [4.69, 9.17) is 10.1 Å². The van der Waals surface area contributed by atoms with Gasteiger partial charge in [-0.25, -0.2) is 18.3 Å². The third kappa shape index (κ3) is 5.27. The molecule has 0 radical (unpaired) electrons. The highest BCUT2D eigenvalue weighted by Gasteiger charge is 2.40. The highest BCUT2D eigenvalue weighted by atomic mass is 19.3. The van der Waals surface area contributed by atoms with Gasteiger partial charge in [-0.1, -0.05) is 20.8 Å². The number of imidazole rings is 1. The highest BCUT2D eigenvalue weighted by Crippen LogP contribution is 2.41. The molecule has 0 spiro atoms. The van der Waals surface area contributed by atoms with Gasteiger partial charge >= 0.3 is 0 Å². The smallest absolute Gasteiger partial charge is 0.274 e. The number of carbonyl (C=O) groups is 2. The van der Waals surface area contributed by atoms with Crippen LogP contribution in [0.25, 0.3) is 5.65 Å². The summed E-state index contributed by atoms with van der Waals surface area (Å²) in [6.45, 7) is 13.0. The SMILES string of the molecule is Cc1cc(C(=O)N2CCN(C(=O)c3cn4nc(C5CCC(F)(F)CC5)cc(C(C)(C)C)c4n3)C(C)(C)C2)[nH]n1. The summed E-state index contributed by atoms with van der Waals surface area (Å²) in [6.07, 6.45) is 2.13. The highest BCUT2D eigenvalue weighted by molar-refractivity contribution is 5.95. The molecule has 1 aliphatic carbocycles. The molecule has 39 heavy (non-hydrogen) atoms. The average Bonchev–Trinajstić information content (AvgIpc) is 3.47. The number of aromatic nitrogens is 5. The fourth-order valence-electron chi connectivity index (χ4n) is 5.73. The minimum Gasteiger partial charge on any atom is -0.333 e. The standard InChI is InChI=1S/C28H37F2N7O2/c1-17-13-21(33-32-17)24(38)35-11-12-36(27(5,6)16-35)25(39)22-15-37-23(31-22)19(26(2,3)4)14-20(34-37)18-7-9-28(29,30)10-8-18/h13-15,18H,7-12,16H2,1-6H3,(H,32,33). The second kappa shape index (κ2) is 9.38. The zero-order chi connectivity index (χ0) is 28.3. The summed E-state index contributed by atoms with van der Waals surface area (Å²) in [5, 5.41) is 11.6. The Morgan fingerprint density at radius 3 is 2.36 bits per heavy atom. The van der Waals surface area contributed by atoms with Gasteiger partial charge in [-0.05, 0) is 51.2 Å². The summed E-state index contributed by atoms with van der Waals surface area (Å²) in [6, 6.07) is 3.70. The Morgan fingerprint density at radius 2 is 1.77 bits per heavy atom. The third-order valence-electron chi connectivity index (χ3n) is 7.98. The maximum absolute atomic E-state index is 13.8. The quantitative estimate of drug-likeness (QED) is 0.517. The van der Waals surface area contributed by atoms with Crippen LogP contribution in [0.4, 0.5) is 8.78 Å². The van der Waals surface area contributed by atoms with Gasteiger partial charge in [0.25, 0.3) is 11.8 Å². The zero-order valence-corrected chi connectivity index (χ0v) is 23.5. The molecular formula is C28H37F2N7O2. The maximum Gasteiger partial charge on any atom is 0.274 e. The fraction of sp³-hybridized carbons (Fsp3) is 0.607. The number of fused-ring (bicyclic) bond motifs is 1. The summed E-state index contributed by atoms with van der Waals surface area (Å²) < 4.78 is 29.2. The molecule has 2 aliphatic rings. The Morgan fingerprint density at radius 1 is 1.08 bits per heavy atom. The summed E-state index contributed by atoms with van der Waals surface area (Å²) in [4.78, 5) is 35.0. The second-order valence-electron chi connectivity index (χ2n) is 12.7. The number of H-pyrrole nitrogens is 1. The molecule has 2 amide bonds. The first kappa shape index (κ1) is 27.2. The van der Waals surface area contributed by atoms with E-state index in [0.29, 0.717) is 43.8 Å². The molecule has 3 aromatic heterocycles. The molecule has 1 saturated carbocycles. The third-order valence-corrected chi connectivity index (χ3v) is 7.98. The molecule has 0 atom stereocenters. The number of rotatable bonds is 3. The molecule has 4 heterocycles. The summed E-state index contributed by atoms with van der Waals surface area (Å²) in [5.41, 5.74) is 2.81. The Hall–Kier alpha value is -3.37. The van der Waals surface area contributed by atoms with Gasteiger partial charge in [-0.3, -0.25) is 14.7 Å². The van der Waals surface area contributed by atoms with Crippen LogP contribution >= 0.6 is 0 Å². The predicted molar refractivity (Wildman–Crippen MR) is 142 cm³/mol. The molecular weight excluding hydrogens is 504 g/mol. The number of piperazine rings is 1. The van der Waals surface area contributed by atoms with Crippen molar-refractivity contribution in [2.45, 2.75) is 90.0 Å². The monoisotopic (exact) mass is 541 g/mol. The van der Waals surface area contributed by atoms with E-state index >= 15 is 0 Å². The van der Waals surface area contributed by atoms with Crippen molar-refractivity contribution in [2.75, 3.05) is 19.6 Å². The summed E-state index contributed by atoms with van der Waals surface area (Å²) in [7, 11) is 0. The minimum absolute atomic E-state index is 0.0557. The van der Waals surface area contributed by atoms with Crippen LogP contribution in [0.2, 0.25) is 0 Å². The number of hydrogen-bond acceptors (Lipinski definition) is 5. The lowest BCUT2D eigenvalue weighted by atomic mass is 9.82. The minimum atomic E-state index is -2.61. The van der Waals surface area contributed by atoms with Gasteiger partial charge in [0.15, 0.2) is 5.65 Å². The van der Waals surface area contributed by atoms with Crippen LogP contribution in [-0.2, 0) is 5.41 Å². The largest absolute Gasteiger partial charge is 0.333 e. The predicted octanol–water partition coefficient (Wildman–Crippen LogP) is 4.73. The molecule has 9 nitrogen and oxygen atoms in total. The number of nitrogens with zero attached hydrogens (tertiary/aromatic N) is 6. The molecule has 210 valence electrons. The van der Waals surface area contributed by atoms with Crippen molar-refractivity contribution in [3.8, 4) is 0 Å². The van der Waals surface area contributed by atoms with Crippen molar-refractivity contribution >= 4 is 17.5 Å². The first-order chi connectivity index (χ1) is 18.1. The van der Waals surface area contributed by atoms with Crippen LogP contribution in [0.3, 0.4) is 0 Å². The van der Waals surface area contributed by atoms with Gasteiger partial charge in [-0.2, -0.15) is 10.2 Å². The maximum atomic E-state index is 13.8. The van der Waals surface area contributed by atoms with E-state index in [0.717, 1.165) is 17.0 Å². The van der Waals surface area contributed by atoms with E-state index in [1.54, 1.807) is 26.6 Å². The van der Waals surface area contributed by atoms with Gasteiger partial charge in [0.05, 0.1) is 23.1 Å². The van der Waals surface area contributed by atoms with Crippen LogP contribution in [0.5, 0.6) is 0 Å². The van der Waals surface area contributed by atoms with E-state index in [2.05, 4.69) is 31.0 Å². The molecule has 0 bridgehead atoms. The first-order valence-corrected chi connectivity index (χ1v) is 13.6. The fourth-order valence-corrected chi connectivity index (χ4v) is 5.73.